The number of aliphatic hydroxyl groups is 2. The van der Waals surface area contributed by atoms with Gasteiger partial charge in [0.05, 0.1) is 6.10 Å². The highest BCUT2D eigenvalue weighted by atomic mass is 16.7. The zero-order valence-corrected chi connectivity index (χ0v) is 38.2. The van der Waals surface area contributed by atoms with Gasteiger partial charge in [0, 0.05) is 23.8 Å². The van der Waals surface area contributed by atoms with Gasteiger partial charge < -0.3 is 47.8 Å². The second kappa shape index (κ2) is 22.3. The average Bonchev–Trinajstić information content (AvgIpc) is 3.40. The fourth-order valence-corrected chi connectivity index (χ4v) is 7.82. The Morgan fingerprint density at radius 3 is 1.67 bits per heavy atom. The summed E-state index contributed by atoms with van der Waals surface area (Å²) in [5.41, 5.74) is 4.09. The Hall–Kier alpha value is -8.16. The van der Waals surface area contributed by atoms with Crippen molar-refractivity contribution in [3.8, 4) is 40.1 Å². The van der Waals surface area contributed by atoms with Crippen molar-refractivity contribution in [2.75, 3.05) is 0 Å². The highest BCUT2D eigenvalue weighted by Crippen LogP contribution is 2.41. The van der Waals surface area contributed by atoms with Crippen LogP contribution in [0.1, 0.15) is 34.7 Å². The largest absolute Gasteiger partial charge is 0.489 e. The number of fused-ring (bicyclic) bond motifs is 1. The summed E-state index contributed by atoms with van der Waals surface area (Å²) in [5.74, 6) is -0.0194. The normalized spacial score (nSPS) is 17.7. The first-order valence-electron chi connectivity index (χ1n) is 22.8. The Balaban J connectivity index is 1.14. The molecular weight excluding hydrogens is 889 g/mol. The number of carbonyl (C=O) groups excluding carboxylic acids is 1. The van der Waals surface area contributed by atoms with E-state index in [1.807, 2.05) is 140 Å². The number of rotatable bonds is 18. The quantitative estimate of drug-likeness (QED) is 0.0622. The van der Waals surface area contributed by atoms with Gasteiger partial charge in [-0.15, -0.1) is 0 Å². The third-order valence-electron chi connectivity index (χ3n) is 11.5. The molecule has 0 spiro atoms. The van der Waals surface area contributed by atoms with Gasteiger partial charge in [-0.1, -0.05) is 152 Å². The van der Waals surface area contributed by atoms with E-state index in [0.29, 0.717) is 22.8 Å². The number of hydrogen-bond acceptors (Lipinski definition) is 12. The molecule has 7 aromatic carbocycles. The van der Waals surface area contributed by atoms with Crippen LogP contribution in [0.4, 0.5) is 0 Å². The van der Waals surface area contributed by atoms with Crippen molar-refractivity contribution in [3.63, 3.8) is 0 Å². The summed E-state index contributed by atoms with van der Waals surface area (Å²) in [5, 5.41) is 23.0. The Labute approximate surface area is 404 Å². The maximum absolute atomic E-state index is 15.3. The minimum Gasteiger partial charge on any atom is -0.489 e. The van der Waals surface area contributed by atoms with Crippen LogP contribution in [-0.2, 0) is 40.7 Å². The Morgan fingerprint density at radius 1 is 0.586 bits per heavy atom. The van der Waals surface area contributed by atoms with Crippen LogP contribution < -0.4 is 29.1 Å². The average molecular weight is 939 g/mol. The van der Waals surface area contributed by atoms with Crippen molar-refractivity contribution in [2.24, 2.45) is 0 Å². The lowest BCUT2D eigenvalue weighted by molar-refractivity contribution is -0.271. The maximum Gasteiger partial charge on any atom is 0.331 e. The number of hydrogen-bond donors (Lipinski definition) is 2. The van der Waals surface area contributed by atoms with Crippen molar-refractivity contribution in [1.82, 2.24) is 0 Å². The molecule has 12 heteroatoms. The molecule has 9 rings (SSSR count). The first-order valence-corrected chi connectivity index (χ1v) is 22.8. The molecule has 1 aliphatic rings. The molecule has 1 saturated heterocycles. The van der Waals surface area contributed by atoms with Crippen LogP contribution in [0.25, 0.3) is 28.4 Å². The molecule has 1 fully saturated rings. The van der Waals surface area contributed by atoms with Crippen LogP contribution in [0.5, 0.6) is 28.7 Å². The van der Waals surface area contributed by atoms with Gasteiger partial charge in [0.15, 0.2) is 29.5 Å². The summed E-state index contributed by atoms with van der Waals surface area (Å²) in [4.78, 5) is 28.5. The maximum atomic E-state index is 15.3. The molecule has 2 N–H and O–H groups in total. The lowest BCUT2D eigenvalue weighted by Crippen LogP contribution is -2.59. The summed E-state index contributed by atoms with van der Waals surface area (Å²) in [6.45, 7) is 2.27. The fourth-order valence-electron chi connectivity index (χ4n) is 7.82. The number of benzene rings is 7. The van der Waals surface area contributed by atoms with Gasteiger partial charge >= 0.3 is 5.97 Å². The molecule has 0 unspecified atom stereocenters. The van der Waals surface area contributed by atoms with E-state index in [4.69, 9.17) is 37.6 Å². The molecular formula is C58H50O12. The van der Waals surface area contributed by atoms with Crippen LogP contribution in [0.3, 0.4) is 0 Å². The van der Waals surface area contributed by atoms with Gasteiger partial charge in [-0.25, -0.2) is 4.79 Å². The van der Waals surface area contributed by atoms with Crippen LogP contribution in [-0.4, -0.2) is 46.9 Å². The standard InChI is InChI=1S/C58H50O12/c1-38-52(60)56(69-50(59)30-27-39-17-7-2-8-18-39)54(62)58(67-38)70-57-53(61)51-48(66-37-43-25-15-6-16-26-43)32-45(63-34-40-19-9-3-10-20-40)33-49(51)68-55(57)44-28-29-46(64-35-41-21-11-4-12-22-41)47(31-44)65-36-42-23-13-5-14-24-42/h2-33,38,52,54,56,58,60,62H,34-37H2,1H3/b30-27+/t38-,52-,54+,56+,58-/m0/s1. The van der Waals surface area contributed by atoms with E-state index in [2.05, 4.69) is 0 Å². The molecule has 8 aromatic rings. The fraction of sp³-hybridized carbons (Fsp3) is 0.172. The number of esters is 1. The van der Waals surface area contributed by atoms with Gasteiger partial charge in [-0.05, 0) is 59.0 Å². The Bertz CT molecular complexity index is 3070. The van der Waals surface area contributed by atoms with Crippen molar-refractivity contribution >= 4 is 23.0 Å². The molecule has 354 valence electrons. The minimum absolute atomic E-state index is 0.0116. The number of aliphatic hydroxyl groups excluding tert-OH is 2. The highest BCUT2D eigenvalue weighted by molar-refractivity contribution is 5.89. The highest BCUT2D eigenvalue weighted by Gasteiger charge is 2.47. The van der Waals surface area contributed by atoms with E-state index >= 15 is 4.79 Å². The predicted molar refractivity (Wildman–Crippen MR) is 263 cm³/mol. The monoisotopic (exact) mass is 938 g/mol. The second-order valence-electron chi connectivity index (χ2n) is 16.6. The lowest BCUT2D eigenvalue weighted by Gasteiger charge is -2.40. The molecule has 1 aliphatic heterocycles. The van der Waals surface area contributed by atoms with Crippen molar-refractivity contribution in [2.45, 2.75) is 64.1 Å². The Morgan fingerprint density at radius 2 is 1.10 bits per heavy atom. The summed E-state index contributed by atoms with van der Waals surface area (Å²) in [6, 6.07) is 55.8. The lowest BCUT2D eigenvalue weighted by atomic mass is 9.99. The molecule has 1 aromatic heterocycles. The minimum atomic E-state index is -1.79. The smallest absolute Gasteiger partial charge is 0.331 e. The van der Waals surface area contributed by atoms with E-state index in [0.717, 1.165) is 27.8 Å². The molecule has 0 aliphatic carbocycles. The zero-order valence-electron chi connectivity index (χ0n) is 38.2. The molecule has 0 amide bonds. The third-order valence-corrected chi connectivity index (χ3v) is 11.5. The zero-order chi connectivity index (χ0) is 48.2. The SMILES string of the molecule is C[C@@H]1O[C@@H](Oc2c(-c3ccc(OCc4ccccc4)c(OCc4ccccc4)c3)oc3cc(OCc4ccccc4)cc(OCc4ccccc4)c3c2=O)[C@H](O)[C@H](OC(=O)/C=C/c2ccccc2)[C@H]1O. The van der Waals surface area contributed by atoms with E-state index in [9.17, 15) is 15.0 Å². The van der Waals surface area contributed by atoms with E-state index in [1.165, 1.54) is 13.0 Å². The van der Waals surface area contributed by atoms with E-state index in [1.54, 1.807) is 48.5 Å². The molecule has 0 saturated carbocycles. The van der Waals surface area contributed by atoms with Gasteiger partial charge in [-0.2, -0.15) is 0 Å². The summed E-state index contributed by atoms with van der Waals surface area (Å²) >= 11 is 0. The van der Waals surface area contributed by atoms with Crippen molar-refractivity contribution in [1.29, 1.82) is 0 Å². The van der Waals surface area contributed by atoms with Crippen LogP contribution in [0, 0.1) is 0 Å². The van der Waals surface area contributed by atoms with E-state index in [-0.39, 0.29) is 54.7 Å². The van der Waals surface area contributed by atoms with Crippen molar-refractivity contribution in [3.05, 3.63) is 226 Å². The summed E-state index contributed by atoms with van der Waals surface area (Å²) in [6.07, 6.45) is -4.71. The topological polar surface area (TPSA) is 152 Å². The first kappa shape index (κ1) is 46.9. The van der Waals surface area contributed by atoms with Gasteiger partial charge in [0.1, 0.15) is 55.0 Å². The van der Waals surface area contributed by atoms with Crippen LogP contribution in [0.15, 0.2) is 197 Å². The van der Waals surface area contributed by atoms with Gasteiger partial charge in [0.2, 0.25) is 17.5 Å². The molecule has 0 radical (unpaired) electrons. The second-order valence-corrected chi connectivity index (χ2v) is 16.6. The van der Waals surface area contributed by atoms with Gasteiger partial charge in [0.25, 0.3) is 0 Å². The summed E-state index contributed by atoms with van der Waals surface area (Å²) in [7, 11) is 0. The molecule has 70 heavy (non-hydrogen) atoms. The van der Waals surface area contributed by atoms with E-state index < -0.39 is 42.1 Å². The number of carbonyl (C=O) groups is 1. The molecule has 2 heterocycles. The van der Waals surface area contributed by atoms with Crippen molar-refractivity contribution < 1.29 is 52.6 Å². The first-order chi connectivity index (χ1) is 34.3. The molecule has 5 atom stereocenters. The third kappa shape index (κ3) is 11.6. The van der Waals surface area contributed by atoms with Crippen LogP contribution >= 0.6 is 0 Å². The number of ether oxygens (including phenoxy) is 7. The Kier molecular flexibility index (Phi) is 15.0. The molecule has 12 nitrogen and oxygen atoms in total. The van der Waals surface area contributed by atoms with Crippen LogP contribution in [0.2, 0.25) is 0 Å². The predicted octanol–water partition coefficient (Wildman–Crippen LogP) is 10.2. The van der Waals surface area contributed by atoms with Gasteiger partial charge in [-0.3, -0.25) is 4.79 Å². The molecule has 0 bridgehead atoms. The summed E-state index contributed by atoms with van der Waals surface area (Å²) < 4.78 is 50.4.